The van der Waals surface area contributed by atoms with Gasteiger partial charge in [0.1, 0.15) is 0 Å². The summed E-state index contributed by atoms with van der Waals surface area (Å²) in [6.45, 7) is 15.1. The quantitative estimate of drug-likeness (QED) is 0.167. The first-order valence-corrected chi connectivity index (χ1v) is 10.5. The highest BCUT2D eigenvalue weighted by Crippen LogP contribution is 2.22. The number of hydrogen-bond acceptors (Lipinski definition) is 6. The molecule has 1 aromatic carbocycles. The standard InChI is InChI=1S/C25H34N6/c1-6-14-28-30-20(4)22-11-9-12-23(17-22)29-21(5)25-18-24(13-15-27-25)31(26)16-8-7-10-19(2)3/h7-13,15-18,20,28-30H,2,5-6,14,26H2,1,3-4H3/b10-7-,16-8-. The molecule has 2 rings (SSSR count). The zero-order chi connectivity index (χ0) is 22.6. The van der Waals surface area contributed by atoms with Crippen LogP contribution in [0.15, 0.2) is 85.8 Å². The van der Waals surface area contributed by atoms with Gasteiger partial charge in [-0.25, -0.2) is 5.84 Å². The molecule has 0 amide bonds. The van der Waals surface area contributed by atoms with Crippen molar-refractivity contribution in [3.63, 3.8) is 0 Å². The summed E-state index contributed by atoms with van der Waals surface area (Å²) < 4.78 is 0. The second kappa shape index (κ2) is 12.5. The molecule has 0 radical (unpaired) electrons. The van der Waals surface area contributed by atoms with Crippen molar-refractivity contribution in [2.45, 2.75) is 33.2 Å². The Balaban J connectivity index is 2.05. The van der Waals surface area contributed by atoms with Crippen LogP contribution in [-0.2, 0) is 0 Å². The summed E-state index contributed by atoms with van der Waals surface area (Å²) in [5.74, 6) is 6.14. The van der Waals surface area contributed by atoms with Crippen LogP contribution in [0, 0.1) is 0 Å². The van der Waals surface area contributed by atoms with E-state index in [4.69, 9.17) is 5.84 Å². The average molecular weight is 419 g/mol. The molecule has 0 aliphatic heterocycles. The van der Waals surface area contributed by atoms with Crippen LogP contribution in [0.5, 0.6) is 0 Å². The van der Waals surface area contributed by atoms with Crippen molar-refractivity contribution in [2.24, 2.45) is 5.84 Å². The van der Waals surface area contributed by atoms with E-state index in [0.29, 0.717) is 5.70 Å². The van der Waals surface area contributed by atoms with E-state index in [9.17, 15) is 0 Å². The van der Waals surface area contributed by atoms with Crippen molar-refractivity contribution in [1.82, 2.24) is 15.8 Å². The van der Waals surface area contributed by atoms with E-state index in [1.807, 2.05) is 49.4 Å². The first-order chi connectivity index (χ1) is 14.9. The van der Waals surface area contributed by atoms with Crippen LogP contribution >= 0.6 is 0 Å². The molecule has 164 valence electrons. The Bertz CT molecular complexity index is 931. The lowest BCUT2D eigenvalue weighted by Gasteiger charge is -2.17. The van der Waals surface area contributed by atoms with Gasteiger partial charge in [-0.3, -0.25) is 20.8 Å². The molecule has 0 saturated heterocycles. The number of anilines is 2. The van der Waals surface area contributed by atoms with Crippen molar-refractivity contribution in [2.75, 3.05) is 16.9 Å². The number of nitrogens with one attached hydrogen (secondary N) is 3. The van der Waals surface area contributed by atoms with E-state index in [-0.39, 0.29) is 6.04 Å². The molecule has 1 unspecified atom stereocenters. The zero-order valence-electron chi connectivity index (χ0n) is 18.7. The highest BCUT2D eigenvalue weighted by Gasteiger charge is 2.08. The fraction of sp³-hybridized carbons (Fsp3) is 0.240. The zero-order valence-corrected chi connectivity index (χ0v) is 18.7. The molecule has 0 aliphatic rings. The van der Waals surface area contributed by atoms with Crippen molar-refractivity contribution < 1.29 is 0 Å². The first kappa shape index (κ1) is 24.1. The SMILES string of the molecule is C=C(C)/C=C\C=C/N(N)c1ccnc(C(=C)Nc2cccc(C(C)NNCCC)c2)c1. The Labute approximate surface area is 186 Å². The van der Waals surface area contributed by atoms with Crippen LogP contribution in [0.4, 0.5) is 11.4 Å². The maximum Gasteiger partial charge on any atom is 0.0879 e. The minimum absolute atomic E-state index is 0.180. The monoisotopic (exact) mass is 418 g/mol. The molecule has 1 aromatic heterocycles. The number of nitrogens with two attached hydrogens (primary N) is 1. The van der Waals surface area contributed by atoms with E-state index in [2.05, 4.69) is 60.3 Å². The molecule has 1 atom stereocenters. The molecule has 0 bridgehead atoms. The van der Waals surface area contributed by atoms with Crippen molar-refractivity contribution >= 4 is 17.1 Å². The molecule has 0 aliphatic carbocycles. The summed E-state index contributed by atoms with van der Waals surface area (Å²) in [6.07, 6.45) is 10.2. The van der Waals surface area contributed by atoms with E-state index in [1.54, 1.807) is 17.4 Å². The highest BCUT2D eigenvalue weighted by molar-refractivity contribution is 5.75. The second-order valence-electron chi connectivity index (χ2n) is 7.38. The van der Waals surface area contributed by atoms with Gasteiger partial charge in [0.15, 0.2) is 0 Å². The number of pyridine rings is 1. The summed E-state index contributed by atoms with van der Waals surface area (Å²) in [4.78, 5) is 4.43. The van der Waals surface area contributed by atoms with Gasteiger partial charge >= 0.3 is 0 Å². The van der Waals surface area contributed by atoms with Crippen LogP contribution in [0.1, 0.15) is 44.5 Å². The third kappa shape index (κ3) is 8.22. The fourth-order valence-corrected chi connectivity index (χ4v) is 2.75. The summed E-state index contributed by atoms with van der Waals surface area (Å²) in [7, 11) is 0. The summed E-state index contributed by atoms with van der Waals surface area (Å²) in [6, 6.07) is 12.2. The number of benzene rings is 1. The molecule has 6 nitrogen and oxygen atoms in total. The van der Waals surface area contributed by atoms with Gasteiger partial charge in [-0.15, -0.1) is 0 Å². The molecule has 0 fully saturated rings. The van der Waals surface area contributed by atoms with E-state index >= 15 is 0 Å². The fourth-order valence-electron chi connectivity index (χ4n) is 2.75. The minimum Gasteiger partial charge on any atom is -0.354 e. The third-order valence-electron chi connectivity index (χ3n) is 4.46. The maximum absolute atomic E-state index is 6.14. The Morgan fingerprint density at radius 3 is 2.77 bits per heavy atom. The molecule has 2 aromatic rings. The number of hydrazine groups is 2. The molecule has 0 spiro atoms. The summed E-state index contributed by atoms with van der Waals surface area (Å²) in [5.41, 5.74) is 11.9. The lowest BCUT2D eigenvalue weighted by atomic mass is 10.1. The largest absolute Gasteiger partial charge is 0.354 e. The van der Waals surface area contributed by atoms with Gasteiger partial charge in [-0.05, 0) is 56.2 Å². The van der Waals surface area contributed by atoms with Gasteiger partial charge in [-0.1, -0.05) is 49.9 Å². The number of rotatable bonds is 12. The normalized spacial score (nSPS) is 12.3. The lowest BCUT2D eigenvalue weighted by Crippen LogP contribution is -2.34. The highest BCUT2D eigenvalue weighted by atomic mass is 15.4. The Hall–Kier alpha value is -3.19. The number of aromatic nitrogens is 1. The van der Waals surface area contributed by atoms with Gasteiger partial charge < -0.3 is 5.32 Å². The molecule has 6 heteroatoms. The minimum atomic E-state index is 0.180. The van der Waals surface area contributed by atoms with Crippen molar-refractivity contribution in [3.8, 4) is 0 Å². The molecule has 31 heavy (non-hydrogen) atoms. The Morgan fingerprint density at radius 2 is 2.03 bits per heavy atom. The van der Waals surface area contributed by atoms with Crippen molar-refractivity contribution in [1.29, 1.82) is 0 Å². The molecule has 5 N–H and O–H groups in total. The first-order valence-electron chi connectivity index (χ1n) is 10.5. The predicted molar refractivity (Wildman–Crippen MR) is 133 cm³/mol. The number of hydrogen-bond donors (Lipinski definition) is 4. The smallest absolute Gasteiger partial charge is 0.0879 e. The van der Waals surface area contributed by atoms with Crippen LogP contribution < -0.4 is 27.0 Å². The van der Waals surface area contributed by atoms with Crippen LogP contribution in [0.3, 0.4) is 0 Å². The number of allylic oxidation sites excluding steroid dienone is 4. The lowest BCUT2D eigenvalue weighted by molar-refractivity contribution is 0.462. The topological polar surface area (TPSA) is 78.2 Å². The molecule has 1 heterocycles. The summed E-state index contributed by atoms with van der Waals surface area (Å²) in [5, 5.41) is 4.89. The van der Waals surface area contributed by atoms with Crippen LogP contribution in [-0.4, -0.2) is 11.5 Å². The molecular formula is C25H34N6. The van der Waals surface area contributed by atoms with Crippen LogP contribution in [0.25, 0.3) is 5.70 Å². The van der Waals surface area contributed by atoms with Gasteiger partial charge in [0.2, 0.25) is 0 Å². The maximum atomic E-state index is 6.14. The van der Waals surface area contributed by atoms with Gasteiger partial charge in [0.25, 0.3) is 0 Å². The second-order valence-corrected chi connectivity index (χ2v) is 7.38. The Morgan fingerprint density at radius 1 is 1.23 bits per heavy atom. The van der Waals surface area contributed by atoms with E-state index in [0.717, 1.165) is 35.6 Å². The summed E-state index contributed by atoms with van der Waals surface area (Å²) >= 11 is 0. The van der Waals surface area contributed by atoms with E-state index in [1.165, 1.54) is 5.56 Å². The van der Waals surface area contributed by atoms with Gasteiger partial charge in [0, 0.05) is 30.7 Å². The van der Waals surface area contributed by atoms with Crippen LogP contribution in [0.2, 0.25) is 0 Å². The molecular weight excluding hydrogens is 384 g/mol. The average Bonchev–Trinajstić information content (AvgIpc) is 2.76. The third-order valence-corrected chi connectivity index (χ3v) is 4.46. The molecule has 0 saturated carbocycles. The van der Waals surface area contributed by atoms with Gasteiger partial charge in [0.05, 0.1) is 17.1 Å². The van der Waals surface area contributed by atoms with Crippen molar-refractivity contribution in [3.05, 3.63) is 97.0 Å². The van der Waals surface area contributed by atoms with E-state index < -0.39 is 0 Å². The van der Waals surface area contributed by atoms with Gasteiger partial charge in [-0.2, -0.15) is 0 Å². The Kier molecular flexibility index (Phi) is 9.71. The predicted octanol–water partition coefficient (Wildman–Crippen LogP) is 5.06. The number of nitrogens with zero attached hydrogens (tertiary/aromatic N) is 2.